The van der Waals surface area contributed by atoms with E-state index < -0.39 is 0 Å². The van der Waals surface area contributed by atoms with Crippen LogP contribution in [-0.4, -0.2) is 25.1 Å². The maximum Gasteiger partial charge on any atom is 0.151 e. The Morgan fingerprint density at radius 2 is 2.06 bits per heavy atom. The summed E-state index contributed by atoms with van der Waals surface area (Å²) in [4.78, 5) is 6.52. The predicted octanol–water partition coefficient (Wildman–Crippen LogP) is 3.38. The molecule has 1 saturated carbocycles. The molecule has 0 aromatic carbocycles. The van der Waals surface area contributed by atoms with E-state index in [2.05, 4.69) is 35.1 Å². The first-order valence-corrected chi connectivity index (χ1v) is 6.98. The van der Waals surface area contributed by atoms with Gasteiger partial charge in [-0.15, -0.1) is 0 Å². The lowest BCUT2D eigenvalue weighted by Crippen LogP contribution is -2.35. The Morgan fingerprint density at radius 3 is 2.78 bits per heavy atom. The molecule has 2 rings (SSSR count). The van der Waals surface area contributed by atoms with Crippen LogP contribution < -0.4 is 10.2 Å². The highest BCUT2D eigenvalue weighted by Gasteiger charge is 2.27. The van der Waals surface area contributed by atoms with Crippen LogP contribution in [0.25, 0.3) is 0 Å². The SMILES string of the molecule is CC1CCCC(Nc2cccnc2N(C)C)C1C. The highest BCUT2D eigenvalue weighted by Crippen LogP contribution is 2.33. The number of hydrogen-bond acceptors (Lipinski definition) is 3. The Bertz CT molecular complexity index is 389. The third-order valence-corrected chi connectivity index (χ3v) is 4.26. The van der Waals surface area contributed by atoms with Gasteiger partial charge in [0.15, 0.2) is 5.82 Å². The average Bonchev–Trinajstić information content (AvgIpc) is 2.35. The number of rotatable bonds is 3. The summed E-state index contributed by atoms with van der Waals surface area (Å²) < 4.78 is 0. The van der Waals surface area contributed by atoms with Gasteiger partial charge >= 0.3 is 0 Å². The van der Waals surface area contributed by atoms with Gasteiger partial charge in [-0.1, -0.05) is 26.7 Å². The molecule has 1 N–H and O–H groups in total. The van der Waals surface area contributed by atoms with Gasteiger partial charge in [-0.05, 0) is 30.4 Å². The van der Waals surface area contributed by atoms with Gasteiger partial charge in [0.05, 0.1) is 5.69 Å². The second kappa shape index (κ2) is 5.59. The second-order valence-electron chi connectivity index (χ2n) is 5.79. The summed E-state index contributed by atoms with van der Waals surface area (Å²) in [7, 11) is 4.08. The quantitative estimate of drug-likeness (QED) is 0.887. The van der Waals surface area contributed by atoms with Gasteiger partial charge in [0.2, 0.25) is 0 Å². The maximum absolute atomic E-state index is 4.45. The molecule has 1 aromatic rings. The van der Waals surface area contributed by atoms with E-state index in [1.54, 1.807) is 0 Å². The molecule has 0 radical (unpaired) electrons. The molecule has 3 unspecified atom stereocenters. The zero-order valence-electron chi connectivity index (χ0n) is 12.0. The van der Waals surface area contributed by atoms with Crippen molar-refractivity contribution in [1.82, 2.24) is 4.98 Å². The highest BCUT2D eigenvalue weighted by molar-refractivity contribution is 5.65. The van der Waals surface area contributed by atoms with Crippen molar-refractivity contribution in [2.45, 2.75) is 39.2 Å². The minimum atomic E-state index is 0.580. The molecule has 3 heteroatoms. The number of pyridine rings is 1. The van der Waals surface area contributed by atoms with Crippen LogP contribution in [0.5, 0.6) is 0 Å². The van der Waals surface area contributed by atoms with E-state index in [4.69, 9.17) is 0 Å². The van der Waals surface area contributed by atoms with Crippen LogP contribution >= 0.6 is 0 Å². The molecule has 0 amide bonds. The first-order chi connectivity index (χ1) is 8.59. The summed E-state index contributed by atoms with van der Waals surface area (Å²) in [5.41, 5.74) is 1.16. The summed E-state index contributed by atoms with van der Waals surface area (Å²) in [6.45, 7) is 4.74. The van der Waals surface area contributed by atoms with E-state index in [1.165, 1.54) is 19.3 Å². The lowest BCUT2D eigenvalue weighted by Gasteiger charge is -2.35. The van der Waals surface area contributed by atoms with Crippen molar-refractivity contribution in [1.29, 1.82) is 0 Å². The van der Waals surface area contributed by atoms with Crippen molar-refractivity contribution in [2.24, 2.45) is 11.8 Å². The van der Waals surface area contributed by atoms with Crippen LogP contribution in [0.1, 0.15) is 33.1 Å². The third-order valence-electron chi connectivity index (χ3n) is 4.26. The van der Waals surface area contributed by atoms with Gasteiger partial charge in [0.25, 0.3) is 0 Å². The van der Waals surface area contributed by atoms with Gasteiger partial charge < -0.3 is 10.2 Å². The zero-order chi connectivity index (χ0) is 13.1. The fourth-order valence-corrected chi connectivity index (χ4v) is 2.85. The Balaban J connectivity index is 2.13. The van der Waals surface area contributed by atoms with Crippen LogP contribution in [0.2, 0.25) is 0 Å². The van der Waals surface area contributed by atoms with Crippen molar-refractivity contribution >= 4 is 11.5 Å². The molecule has 1 heterocycles. The van der Waals surface area contributed by atoms with Crippen molar-refractivity contribution in [3.8, 4) is 0 Å². The van der Waals surface area contributed by atoms with E-state index in [0.717, 1.165) is 23.3 Å². The molecule has 1 aliphatic rings. The fraction of sp³-hybridized carbons (Fsp3) is 0.667. The monoisotopic (exact) mass is 247 g/mol. The Hall–Kier alpha value is -1.25. The van der Waals surface area contributed by atoms with E-state index in [1.807, 2.05) is 26.4 Å². The Labute approximate surface area is 111 Å². The summed E-state index contributed by atoms with van der Waals surface area (Å²) in [5, 5.41) is 3.71. The molecule has 0 aliphatic heterocycles. The zero-order valence-corrected chi connectivity index (χ0v) is 12.0. The molecule has 0 saturated heterocycles. The maximum atomic E-state index is 4.45. The summed E-state index contributed by atoms with van der Waals surface area (Å²) in [5.74, 6) is 2.58. The van der Waals surface area contributed by atoms with Gasteiger partial charge in [0.1, 0.15) is 0 Å². The van der Waals surface area contributed by atoms with Crippen LogP contribution in [0.15, 0.2) is 18.3 Å². The number of anilines is 2. The predicted molar refractivity (Wildman–Crippen MR) is 78.2 cm³/mol. The molecular weight excluding hydrogens is 222 g/mol. The smallest absolute Gasteiger partial charge is 0.151 e. The normalized spacial score (nSPS) is 27.9. The van der Waals surface area contributed by atoms with Crippen LogP contribution in [0.4, 0.5) is 11.5 Å². The highest BCUT2D eigenvalue weighted by atomic mass is 15.2. The molecular formula is C15H25N3. The van der Waals surface area contributed by atoms with Crippen molar-refractivity contribution in [2.75, 3.05) is 24.3 Å². The molecule has 1 aliphatic carbocycles. The topological polar surface area (TPSA) is 28.2 Å². The minimum absolute atomic E-state index is 0.580. The van der Waals surface area contributed by atoms with Crippen LogP contribution in [0.3, 0.4) is 0 Å². The number of hydrogen-bond donors (Lipinski definition) is 1. The lowest BCUT2D eigenvalue weighted by molar-refractivity contribution is 0.253. The van der Waals surface area contributed by atoms with E-state index >= 15 is 0 Å². The number of aromatic nitrogens is 1. The van der Waals surface area contributed by atoms with E-state index in [0.29, 0.717) is 6.04 Å². The summed E-state index contributed by atoms with van der Waals surface area (Å²) in [6.07, 6.45) is 5.83. The van der Waals surface area contributed by atoms with E-state index in [-0.39, 0.29) is 0 Å². The van der Waals surface area contributed by atoms with E-state index in [9.17, 15) is 0 Å². The Kier molecular flexibility index (Phi) is 4.10. The molecule has 1 aromatic heterocycles. The molecule has 0 bridgehead atoms. The van der Waals surface area contributed by atoms with Gasteiger partial charge in [-0.3, -0.25) is 0 Å². The van der Waals surface area contributed by atoms with Crippen LogP contribution in [-0.2, 0) is 0 Å². The standard InChI is InChI=1S/C15H25N3/c1-11-7-5-8-13(12(11)2)17-14-9-6-10-16-15(14)18(3)4/h6,9-13,17H,5,7-8H2,1-4H3. The molecule has 18 heavy (non-hydrogen) atoms. The molecule has 3 nitrogen and oxygen atoms in total. The van der Waals surface area contributed by atoms with Gasteiger partial charge in [-0.25, -0.2) is 4.98 Å². The van der Waals surface area contributed by atoms with Gasteiger partial charge in [-0.2, -0.15) is 0 Å². The number of nitrogens with one attached hydrogen (secondary N) is 1. The van der Waals surface area contributed by atoms with Crippen LogP contribution in [0, 0.1) is 11.8 Å². The average molecular weight is 247 g/mol. The molecule has 0 spiro atoms. The van der Waals surface area contributed by atoms with Crippen molar-refractivity contribution < 1.29 is 0 Å². The largest absolute Gasteiger partial charge is 0.379 e. The van der Waals surface area contributed by atoms with Crippen molar-refractivity contribution in [3.05, 3.63) is 18.3 Å². The third kappa shape index (κ3) is 2.77. The van der Waals surface area contributed by atoms with Crippen molar-refractivity contribution in [3.63, 3.8) is 0 Å². The lowest BCUT2D eigenvalue weighted by atomic mass is 9.78. The first kappa shape index (κ1) is 13.2. The minimum Gasteiger partial charge on any atom is -0.379 e. The first-order valence-electron chi connectivity index (χ1n) is 6.98. The summed E-state index contributed by atoms with van der Waals surface area (Å²) in [6, 6.07) is 4.72. The fourth-order valence-electron chi connectivity index (χ4n) is 2.85. The molecule has 1 fully saturated rings. The summed E-state index contributed by atoms with van der Waals surface area (Å²) >= 11 is 0. The molecule has 100 valence electrons. The molecule has 3 atom stereocenters. The Morgan fingerprint density at radius 1 is 1.28 bits per heavy atom. The second-order valence-corrected chi connectivity index (χ2v) is 5.79. The number of nitrogens with zero attached hydrogens (tertiary/aromatic N) is 2. The van der Waals surface area contributed by atoms with Gasteiger partial charge in [0, 0.05) is 26.3 Å².